The zero-order valence-corrected chi connectivity index (χ0v) is 17.5. The molecule has 11 heteroatoms. The number of allylic oxidation sites excluding steroid dienone is 1. The number of aryl methyl sites for hydroxylation is 1. The minimum atomic E-state index is -4.31. The summed E-state index contributed by atoms with van der Waals surface area (Å²) in [5.74, 6) is -6.32. The Morgan fingerprint density at radius 2 is 1.62 bits per heavy atom. The van der Waals surface area contributed by atoms with E-state index >= 15 is 0 Å². The van der Waals surface area contributed by atoms with E-state index in [1.807, 2.05) is 6.92 Å². The number of hydrogen-bond acceptors (Lipinski definition) is 4. The summed E-state index contributed by atoms with van der Waals surface area (Å²) in [4.78, 5) is 8.18. The highest BCUT2D eigenvalue weighted by Crippen LogP contribution is 2.36. The Bertz CT molecular complexity index is 1150. The van der Waals surface area contributed by atoms with Gasteiger partial charge in [-0.25, -0.2) is 31.9 Å². The molecule has 0 unspecified atom stereocenters. The van der Waals surface area contributed by atoms with Crippen molar-refractivity contribution in [2.75, 3.05) is 0 Å². The van der Waals surface area contributed by atoms with Crippen molar-refractivity contribution in [1.82, 2.24) is 9.97 Å². The molecule has 34 heavy (non-hydrogen) atoms. The molecule has 0 spiro atoms. The van der Waals surface area contributed by atoms with Crippen molar-refractivity contribution in [3.8, 4) is 22.9 Å². The summed E-state index contributed by atoms with van der Waals surface area (Å²) in [6, 6.07) is 3.38. The highest BCUT2D eigenvalue weighted by atomic mass is 19.3. The summed E-state index contributed by atoms with van der Waals surface area (Å²) < 4.78 is 105. The third kappa shape index (κ3) is 6.03. The van der Waals surface area contributed by atoms with Gasteiger partial charge in [0.25, 0.3) is 6.43 Å². The number of ether oxygens (including phenoxy) is 2. The monoisotopic (exact) mass is 486 g/mol. The first-order chi connectivity index (χ1) is 16.1. The predicted octanol–water partition coefficient (Wildman–Crippen LogP) is 6.80. The van der Waals surface area contributed by atoms with E-state index in [-0.39, 0.29) is 17.5 Å². The third-order valence-corrected chi connectivity index (χ3v) is 4.41. The second-order valence-corrected chi connectivity index (χ2v) is 6.98. The summed E-state index contributed by atoms with van der Waals surface area (Å²) in [5, 5.41) is 0. The normalized spacial score (nSPS) is 11.9. The van der Waals surface area contributed by atoms with E-state index in [1.165, 1.54) is 0 Å². The molecule has 0 fully saturated rings. The van der Waals surface area contributed by atoms with E-state index in [0.29, 0.717) is 18.4 Å². The topological polar surface area (TPSA) is 44.2 Å². The lowest BCUT2D eigenvalue weighted by molar-refractivity contribution is -0.187. The molecule has 0 radical (unpaired) electrons. The van der Waals surface area contributed by atoms with Crippen LogP contribution in [0.1, 0.15) is 24.5 Å². The van der Waals surface area contributed by atoms with E-state index in [1.54, 1.807) is 12.4 Å². The molecule has 0 amide bonds. The maximum Gasteiger partial charge on any atom is 0.429 e. The molecule has 0 bridgehead atoms. The lowest BCUT2D eigenvalue weighted by Crippen LogP contribution is -2.23. The van der Waals surface area contributed by atoms with Gasteiger partial charge in [-0.15, -0.1) is 0 Å². The minimum absolute atomic E-state index is 0.121. The zero-order valence-electron chi connectivity index (χ0n) is 17.5. The second kappa shape index (κ2) is 10.5. The van der Waals surface area contributed by atoms with Gasteiger partial charge >= 0.3 is 6.11 Å². The van der Waals surface area contributed by atoms with Gasteiger partial charge in [-0.1, -0.05) is 19.4 Å². The van der Waals surface area contributed by atoms with Gasteiger partial charge in [0.15, 0.2) is 23.2 Å². The van der Waals surface area contributed by atoms with Crippen LogP contribution in [0.4, 0.5) is 30.7 Å². The Morgan fingerprint density at radius 1 is 0.971 bits per heavy atom. The first-order valence-corrected chi connectivity index (χ1v) is 9.89. The van der Waals surface area contributed by atoms with Crippen LogP contribution in [-0.2, 0) is 12.5 Å². The molecule has 3 aromatic rings. The summed E-state index contributed by atoms with van der Waals surface area (Å²) in [5.41, 5.74) is -0.195. The van der Waals surface area contributed by atoms with Crippen LogP contribution in [0.15, 0.2) is 55.1 Å². The van der Waals surface area contributed by atoms with E-state index in [4.69, 9.17) is 0 Å². The Morgan fingerprint density at radius 3 is 2.18 bits per heavy atom. The molecular formula is C23H17F7N2O2. The minimum Gasteiger partial charge on any atom is -0.459 e. The van der Waals surface area contributed by atoms with Crippen LogP contribution in [0, 0.1) is 17.5 Å². The largest absolute Gasteiger partial charge is 0.459 e. The van der Waals surface area contributed by atoms with Gasteiger partial charge in [-0.2, -0.15) is 8.78 Å². The fraction of sp³-hybridized carbons (Fsp3) is 0.217. The van der Waals surface area contributed by atoms with Gasteiger partial charge < -0.3 is 9.47 Å². The van der Waals surface area contributed by atoms with Gasteiger partial charge in [0.2, 0.25) is 0 Å². The van der Waals surface area contributed by atoms with E-state index in [9.17, 15) is 30.7 Å². The Labute approximate surface area is 189 Å². The van der Waals surface area contributed by atoms with Crippen molar-refractivity contribution < 1.29 is 40.2 Å². The molecule has 0 saturated carbocycles. The van der Waals surface area contributed by atoms with Crippen LogP contribution in [0.25, 0.3) is 11.4 Å². The fourth-order valence-corrected chi connectivity index (χ4v) is 2.89. The highest BCUT2D eigenvalue weighted by Gasteiger charge is 2.38. The van der Waals surface area contributed by atoms with Crippen molar-refractivity contribution >= 4 is 0 Å². The molecule has 1 aromatic heterocycles. The lowest BCUT2D eigenvalue weighted by atomic mass is 10.1. The average Bonchev–Trinajstić information content (AvgIpc) is 2.75. The number of alkyl halides is 4. The molecule has 0 atom stereocenters. The number of nitrogens with zero attached hydrogens (tertiary/aromatic N) is 2. The predicted molar refractivity (Wildman–Crippen MR) is 108 cm³/mol. The molecular weight excluding hydrogens is 469 g/mol. The van der Waals surface area contributed by atoms with Crippen LogP contribution in [-0.4, -0.2) is 16.4 Å². The molecule has 0 aliphatic rings. The van der Waals surface area contributed by atoms with E-state index in [0.717, 1.165) is 36.6 Å². The molecule has 4 nitrogen and oxygen atoms in total. The van der Waals surface area contributed by atoms with E-state index < -0.39 is 47.0 Å². The molecule has 3 rings (SSSR count). The maximum absolute atomic E-state index is 14.6. The van der Waals surface area contributed by atoms with Crippen LogP contribution >= 0.6 is 0 Å². The molecule has 0 aliphatic heterocycles. The molecule has 0 saturated heterocycles. The van der Waals surface area contributed by atoms with E-state index in [2.05, 4.69) is 19.4 Å². The van der Waals surface area contributed by atoms with Crippen molar-refractivity contribution in [2.45, 2.75) is 32.3 Å². The van der Waals surface area contributed by atoms with Crippen molar-refractivity contribution in [3.05, 3.63) is 83.6 Å². The molecule has 180 valence electrons. The number of benzene rings is 2. The quantitative estimate of drug-likeness (QED) is 0.247. The first-order valence-electron chi connectivity index (χ1n) is 9.89. The molecule has 2 aromatic carbocycles. The smallest absolute Gasteiger partial charge is 0.429 e. The first kappa shape index (κ1) is 25.0. The van der Waals surface area contributed by atoms with Crippen molar-refractivity contribution in [3.63, 3.8) is 0 Å². The fourth-order valence-electron chi connectivity index (χ4n) is 2.89. The Kier molecular flexibility index (Phi) is 7.75. The van der Waals surface area contributed by atoms with Crippen LogP contribution < -0.4 is 9.47 Å². The second-order valence-electron chi connectivity index (χ2n) is 6.98. The number of aromatic nitrogens is 2. The Hall–Kier alpha value is -3.63. The summed E-state index contributed by atoms with van der Waals surface area (Å²) >= 11 is 0. The summed E-state index contributed by atoms with van der Waals surface area (Å²) in [6.45, 7) is 1.98. The van der Waals surface area contributed by atoms with Gasteiger partial charge in [-0.3, -0.25) is 0 Å². The van der Waals surface area contributed by atoms with Crippen LogP contribution in [0.3, 0.4) is 0 Å². The summed E-state index contributed by atoms with van der Waals surface area (Å²) in [7, 11) is 0. The van der Waals surface area contributed by atoms with Gasteiger partial charge in [0.05, 0.1) is 11.8 Å². The zero-order chi connectivity index (χ0) is 24.9. The molecule has 0 N–H and O–H groups in total. The summed E-state index contributed by atoms with van der Waals surface area (Å²) in [6.07, 6.45) is -1.96. The average molecular weight is 486 g/mol. The third-order valence-electron chi connectivity index (χ3n) is 4.41. The molecule has 0 aliphatic carbocycles. The standard InChI is InChI=1S/C23H17F7N2O2/c1-2-3-13-11-31-22(32-12-13)14-4-5-16(17(24)8-14)23(29,30)34-15-9-18(25)21(19(26)10-15)33-7-6-20(27)28/h4-12,20H,2-3H2,1H3/b7-6+. The SMILES string of the molecule is CCCc1cnc(-c2ccc(C(F)(F)Oc3cc(F)c(O/C=C/C(F)F)c(F)c3)c(F)c2)nc1. The van der Waals surface area contributed by atoms with Crippen LogP contribution in [0.5, 0.6) is 11.5 Å². The number of halogens is 7. The van der Waals surface area contributed by atoms with Crippen LogP contribution in [0.2, 0.25) is 0 Å². The van der Waals surface area contributed by atoms with Crippen molar-refractivity contribution in [2.24, 2.45) is 0 Å². The van der Waals surface area contributed by atoms with Gasteiger partial charge in [0, 0.05) is 36.2 Å². The molecule has 1 heterocycles. The number of hydrogen-bond donors (Lipinski definition) is 0. The Balaban J connectivity index is 1.80. The van der Waals surface area contributed by atoms with Gasteiger partial charge in [-0.05, 0) is 24.1 Å². The lowest BCUT2D eigenvalue weighted by Gasteiger charge is -2.19. The van der Waals surface area contributed by atoms with Gasteiger partial charge in [0.1, 0.15) is 11.6 Å². The number of rotatable bonds is 9. The van der Waals surface area contributed by atoms with Crippen molar-refractivity contribution in [1.29, 1.82) is 0 Å². The maximum atomic E-state index is 14.6. The highest BCUT2D eigenvalue weighted by molar-refractivity contribution is 5.55.